The maximum absolute atomic E-state index is 6.33. The van der Waals surface area contributed by atoms with Crippen LogP contribution < -0.4 is 5.32 Å². The van der Waals surface area contributed by atoms with Gasteiger partial charge in [0.25, 0.3) is 0 Å². The first-order valence-electron chi connectivity index (χ1n) is 6.03. The van der Waals surface area contributed by atoms with Crippen LogP contribution in [0.25, 0.3) is 10.9 Å². The van der Waals surface area contributed by atoms with Crippen LogP contribution in [0.1, 0.15) is 38.5 Å². The number of hydrogen-bond acceptors (Lipinski definition) is 1. The second-order valence-electron chi connectivity index (χ2n) is 4.72. The van der Waals surface area contributed by atoms with Gasteiger partial charge in [-0.05, 0) is 40.0 Å². The van der Waals surface area contributed by atoms with Crippen LogP contribution in [0.15, 0.2) is 24.3 Å². The second-order valence-corrected chi connectivity index (χ2v) is 5.13. The van der Waals surface area contributed by atoms with Crippen molar-refractivity contribution in [3.63, 3.8) is 0 Å². The van der Waals surface area contributed by atoms with E-state index in [1.807, 2.05) is 19.2 Å². The standard InChI is InChI=1S/C14H19ClN2/c1-9(2)17-13(10(3)16-4)8-11-6-5-7-12(15)14(11)17/h5-10,16H,1-4H3. The first-order valence-corrected chi connectivity index (χ1v) is 6.40. The Morgan fingerprint density at radius 2 is 1.94 bits per heavy atom. The summed E-state index contributed by atoms with van der Waals surface area (Å²) in [6.07, 6.45) is 0. The number of hydrogen-bond donors (Lipinski definition) is 1. The minimum absolute atomic E-state index is 0.320. The predicted molar refractivity (Wildman–Crippen MR) is 74.8 cm³/mol. The van der Waals surface area contributed by atoms with Crippen LogP contribution in [-0.4, -0.2) is 11.6 Å². The van der Waals surface area contributed by atoms with Crippen molar-refractivity contribution in [2.24, 2.45) is 0 Å². The average molecular weight is 251 g/mol. The fourth-order valence-electron chi connectivity index (χ4n) is 2.30. The Hall–Kier alpha value is -0.990. The number of nitrogens with one attached hydrogen (secondary N) is 1. The van der Waals surface area contributed by atoms with Gasteiger partial charge in [-0.2, -0.15) is 0 Å². The third-order valence-corrected chi connectivity index (χ3v) is 3.54. The molecule has 0 spiro atoms. The molecule has 0 amide bonds. The maximum Gasteiger partial charge on any atom is 0.0674 e. The zero-order valence-corrected chi connectivity index (χ0v) is 11.5. The highest BCUT2D eigenvalue weighted by atomic mass is 35.5. The van der Waals surface area contributed by atoms with E-state index in [-0.39, 0.29) is 0 Å². The Morgan fingerprint density at radius 3 is 2.53 bits per heavy atom. The summed E-state index contributed by atoms with van der Waals surface area (Å²) in [5, 5.41) is 5.33. The third kappa shape index (κ3) is 2.07. The summed E-state index contributed by atoms with van der Waals surface area (Å²) in [6.45, 7) is 6.55. The van der Waals surface area contributed by atoms with E-state index < -0.39 is 0 Å². The largest absolute Gasteiger partial charge is 0.339 e. The van der Waals surface area contributed by atoms with Gasteiger partial charge in [0.05, 0.1) is 10.5 Å². The van der Waals surface area contributed by atoms with Gasteiger partial charge < -0.3 is 9.88 Å². The molecule has 1 aromatic carbocycles. The lowest BCUT2D eigenvalue weighted by Gasteiger charge is -2.19. The van der Waals surface area contributed by atoms with Crippen molar-refractivity contribution in [2.75, 3.05) is 7.05 Å². The van der Waals surface area contributed by atoms with Crippen molar-refractivity contribution >= 4 is 22.5 Å². The van der Waals surface area contributed by atoms with Crippen LogP contribution in [0.5, 0.6) is 0 Å². The lowest BCUT2D eigenvalue weighted by atomic mass is 10.2. The van der Waals surface area contributed by atoms with E-state index in [1.165, 1.54) is 11.1 Å². The first kappa shape index (κ1) is 12.5. The molecule has 1 heterocycles. The molecule has 0 fully saturated rings. The number of benzene rings is 1. The van der Waals surface area contributed by atoms with Crippen LogP contribution in [0.2, 0.25) is 5.02 Å². The molecule has 1 aromatic heterocycles. The van der Waals surface area contributed by atoms with Crippen LogP contribution in [0.3, 0.4) is 0 Å². The number of aromatic nitrogens is 1. The monoisotopic (exact) mass is 250 g/mol. The van der Waals surface area contributed by atoms with Gasteiger partial charge in [0.15, 0.2) is 0 Å². The van der Waals surface area contributed by atoms with Crippen molar-refractivity contribution in [3.8, 4) is 0 Å². The van der Waals surface area contributed by atoms with Crippen molar-refractivity contribution in [1.82, 2.24) is 9.88 Å². The fourth-order valence-corrected chi connectivity index (χ4v) is 2.57. The third-order valence-electron chi connectivity index (χ3n) is 3.23. The SMILES string of the molecule is CNC(C)c1cc2cccc(Cl)c2n1C(C)C. The number of para-hydroxylation sites is 1. The molecule has 3 heteroatoms. The van der Waals surface area contributed by atoms with Crippen molar-refractivity contribution in [1.29, 1.82) is 0 Å². The molecule has 1 N–H and O–H groups in total. The van der Waals surface area contributed by atoms with Gasteiger partial charge in [-0.15, -0.1) is 0 Å². The Bertz CT molecular complexity index is 528. The molecule has 0 aliphatic heterocycles. The summed E-state index contributed by atoms with van der Waals surface area (Å²) in [7, 11) is 1.98. The Balaban J connectivity index is 2.76. The van der Waals surface area contributed by atoms with Gasteiger partial charge in [0, 0.05) is 23.2 Å². The molecule has 0 radical (unpaired) electrons. The smallest absolute Gasteiger partial charge is 0.0674 e. The van der Waals surface area contributed by atoms with Crippen molar-refractivity contribution in [2.45, 2.75) is 32.9 Å². The molecular formula is C14H19ClN2. The molecule has 0 aliphatic rings. The first-order chi connectivity index (χ1) is 8.06. The second kappa shape index (κ2) is 4.71. The molecule has 0 bridgehead atoms. The van der Waals surface area contributed by atoms with Crippen molar-refractivity contribution < 1.29 is 0 Å². The highest BCUT2D eigenvalue weighted by Crippen LogP contribution is 2.32. The maximum atomic E-state index is 6.33. The van der Waals surface area contributed by atoms with E-state index in [4.69, 9.17) is 11.6 Å². The molecule has 2 aromatic rings. The minimum atomic E-state index is 0.320. The summed E-state index contributed by atoms with van der Waals surface area (Å²) >= 11 is 6.33. The number of halogens is 1. The Morgan fingerprint density at radius 1 is 1.24 bits per heavy atom. The van der Waals surface area contributed by atoms with Crippen LogP contribution >= 0.6 is 11.6 Å². The molecule has 0 aliphatic carbocycles. The zero-order valence-electron chi connectivity index (χ0n) is 10.8. The van der Waals surface area contributed by atoms with Crippen molar-refractivity contribution in [3.05, 3.63) is 35.0 Å². The minimum Gasteiger partial charge on any atom is -0.339 e. The van der Waals surface area contributed by atoms with E-state index in [0.717, 1.165) is 10.5 Å². The van der Waals surface area contributed by atoms with Gasteiger partial charge in [0.2, 0.25) is 0 Å². The summed E-state index contributed by atoms with van der Waals surface area (Å²) < 4.78 is 2.32. The summed E-state index contributed by atoms with van der Waals surface area (Å²) in [5.74, 6) is 0. The molecule has 1 unspecified atom stereocenters. The molecule has 0 saturated heterocycles. The van der Waals surface area contributed by atoms with Gasteiger partial charge in [-0.3, -0.25) is 0 Å². The number of rotatable bonds is 3. The van der Waals surface area contributed by atoms with Gasteiger partial charge in [-0.25, -0.2) is 0 Å². The van der Waals surface area contributed by atoms with Crippen LogP contribution in [-0.2, 0) is 0 Å². The van der Waals surface area contributed by atoms with E-state index in [9.17, 15) is 0 Å². The van der Waals surface area contributed by atoms with E-state index in [2.05, 4.69) is 42.8 Å². The van der Waals surface area contributed by atoms with E-state index in [0.29, 0.717) is 12.1 Å². The zero-order chi connectivity index (χ0) is 12.6. The molecule has 0 saturated carbocycles. The number of nitrogens with zero attached hydrogens (tertiary/aromatic N) is 1. The molecule has 92 valence electrons. The predicted octanol–water partition coefficient (Wildman–Crippen LogP) is 4.16. The van der Waals surface area contributed by atoms with Gasteiger partial charge in [0.1, 0.15) is 0 Å². The van der Waals surface area contributed by atoms with Gasteiger partial charge in [-0.1, -0.05) is 23.7 Å². The van der Waals surface area contributed by atoms with Gasteiger partial charge >= 0.3 is 0 Å². The number of fused-ring (bicyclic) bond motifs is 1. The van der Waals surface area contributed by atoms with E-state index >= 15 is 0 Å². The molecule has 17 heavy (non-hydrogen) atoms. The average Bonchev–Trinajstić information content (AvgIpc) is 2.68. The lowest BCUT2D eigenvalue weighted by Crippen LogP contribution is -2.17. The lowest BCUT2D eigenvalue weighted by molar-refractivity contribution is 0.535. The summed E-state index contributed by atoms with van der Waals surface area (Å²) in [4.78, 5) is 0. The topological polar surface area (TPSA) is 17.0 Å². The summed E-state index contributed by atoms with van der Waals surface area (Å²) in [6, 6.07) is 9.02. The summed E-state index contributed by atoms with van der Waals surface area (Å²) in [5.41, 5.74) is 2.42. The highest BCUT2D eigenvalue weighted by Gasteiger charge is 2.16. The quantitative estimate of drug-likeness (QED) is 0.866. The Labute approximate surface area is 108 Å². The molecule has 2 nitrogen and oxygen atoms in total. The molecular weight excluding hydrogens is 232 g/mol. The molecule has 2 rings (SSSR count). The van der Waals surface area contributed by atoms with Crippen LogP contribution in [0, 0.1) is 0 Å². The molecule has 1 atom stereocenters. The normalized spacial score (nSPS) is 13.5. The van der Waals surface area contributed by atoms with E-state index in [1.54, 1.807) is 0 Å². The fraction of sp³-hybridized carbons (Fsp3) is 0.429. The highest BCUT2D eigenvalue weighted by molar-refractivity contribution is 6.35. The van der Waals surface area contributed by atoms with Crippen LogP contribution in [0.4, 0.5) is 0 Å². The Kier molecular flexibility index (Phi) is 3.45.